The molecule has 0 spiro atoms. The lowest BCUT2D eigenvalue weighted by Gasteiger charge is -2.08. The number of thioether (sulfide) groups is 1. The molecule has 0 aliphatic heterocycles. The van der Waals surface area contributed by atoms with E-state index in [0.717, 1.165) is 10.7 Å². The molecule has 94 valence electrons. The number of aryl methyl sites for hydroxylation is 1. The Morgan fingerprint density at radius 2 is 2.22 bits per heavy atom. The Bertz CT molecular complexity index is 577. The molecular formula is C13H13NO3S. The molecule has 1 aromatic carbocycles. The van der Waals surface area contributed by atoms with Gasteiger partial charge in [-0.2, -0.15) is 0 Å². The predicted octanol–water partition coefficient (Wildman–Crippen LogP) is 3.16. The Kier molecular flexibility index (Phi) is 3.62. The Hall–Kier alpha value is -1.88. The molecule has 0 radical (unpaired) electrons. The van der Waals surface area contributed by atoms with Gasteiger partial charge in [-0.05, 0) is 24.6 Å². The summed E-state index contributed by atoms with van der Waals surface area (Å²) >= 11 is 1.53. The molecule has 0 aliphatic rings. The highest BCUT2D eigenvalue weighted by Crippen LogP contribution is 2.29. The van der Waals surface area contributed by atoms with Crippen molar-refractivity contribution in [1.29, 1.82) is 0 Å². The van der Waals surface area contributed by atoms with E-state index in [1.807, 2.05) is 13.0 Å². The van der Waals surface area contributed by atoms with E-state index >= 15 is 0 Å². The molecule has 5 heteroatoms. The minimum absolute atomic E-state index is 0.186. The lowest BCUT2D eigenvalue weighted by Crippen LogP contribution is -2.06. The first kappa shape index (κ1) is 12.6. The van der Waals surface area contributed by atoms with Crippen molar-refractivity contribution in [2.45, 2.75) is 17.6 Å². The highest BCUT2D eigenvalue weighted by molar-refractivity contribution is 7.98. The number of hydrogen-bond donors (Lipinski definition) is 2. The van der Waals surface area contributed by atoms with E-state index in [0.29, 0.717) is 17.0 Å². The third kappa shape index (κ3) is 2.51. The molecule has 2 rings (SSSR count). The first-order valence-electron chi connectivity index (χ1n) is 5.37. The molecule has 1 heterocycles. The minimum atomic E-state index is -0.993. The average Bonchev–Trinajstić information content (AvgIpc) is 2.71. The quantitative estimate of drug-likeness (QED) is 0.654. The zero-order valence-corrected chi connectivity index (χ0v) is 10.7. The van der Waals surface area contributed by atoms with Gasteiger partial charge >= 0.3 is 5.97 Å². The van der Waals surface area contributed by atoms with E-state index in [9.17, 15) is 4.79 Å². The van der Waals surface area contributed by atoms with Gasteiger partial charge in [0, 0.05) is 16.3 Å². The van der Waals surface area contributed by atoms with Gasteiger partial charge < -0.3 is 15.3 Å². The van der Waals surface area contributed by atoms with Crippen molar-refractivity contribution in [3.05, 3.63) is 47.4 Å². The second-order valence-electron chi connectivity index (χ2n) is 3.82. The number of anilines is 1. The van der Waals surface area contributed by atoms with Gasteiger partial charge in [-0.15, -0.1) is 11.8 Å². The van der Waals surface area contributed by atoms with E-state index in [1.165, 1.54) is 11.8 Å². The van der Waals surface area contributed by atoms with E-state index in [1.54, 1.807) is 24.5 Å². The number of rotatable bonds is 4. The van der Waals surface area contributed by atoms with Gasteiger partial charge in [0.15, 0.2) is 0 Å². The van der Waals surface area contributed by atoms with Gasteiger partial charge in [0.1, 0.15) is 5.76 Å². The Labute approximate surface area is 109 Å². The molecule has 1 aromatic heterocycles. The number of carbonyl (C=O) groups is 1. The summed E-state index contributed by atoms with van der Waals surface area (Å²) in [4.78, 5) is 12.2. The zero-order chi connectivity index (χ0) is 13.1. The Morgan fingerprint density at radius 3 is 2.83 bits per heavy atom. The number of benzene rings is 1. The molecule has 0 saturated heterocycles. The van der Waals surface area contributed by atoms with Crippen molar-refractivity contribution in [2.24, 2.45) is 0 Å². The first-order valence-corrected chi connectivity index (χ1v) is 6.35. The van der Waals surface area contributed by atoms with Crippen molar-refractivity contribution < 1.29 is 14.3 Å². The predicted molar refractivity (Wildman–Crippen MR) is 70.8 cm³/mol. The fraction of sp³-hybridized carbons (Fsp3) is 0.154. The number of nitrogen functional groups attached to an aromatic ring is 1. The second-order valence-corrected chi connectivity index (χ2v) is 4.83. The molecule has 3 N–H and O–H groups in total. The first-order chi connectivity index (χ1) is 8.59. The van der Waals surface area contributed by atoms with Gasteiger partial charge in [-0.25, -0.2) is 4.79 Å². The number of carboxylic acids is 1. The summed E-state index contributed by atoms with van der Waals surface area (Å²) in [5.74, 6) is 0.390. The largest absolute Gasteiger partial charge is 0.478 e. The number of nitrogens with two attached hydrogens (primary N) is 1. The average molecular weight is 263 g/mol. The van der Waals surface area contributed by atoms with Crippen LogP contribution in [0.4, 0.5) is 5.69 Å². The summed E-state index contributed by atoms with van der Waals surface area (Å²) in [5.41, 5.74) is 6.89. The fourth-order valence-electron chi connectivity index (χ4n) is 1.68. The highest BCUT2D eigenvalue weighted by atomic mass is 32.2. The van der Waals surface area contributed by atoms with Crippen molar-refractivity contribution in [1.82, 2.24) is 0 Å². The normalized spacial score (nSPS) is 10.5. The maximum Gasteiger partial charge on any atom is 0.338 e. The number of carboxylic acid groups (broad SMARTS) is 1. The van der Waals surface area contributed by atoms with Crippen molar-refractivity contribution in [3.8, 4) is 0 Å². The van der Waals surface area contributed by atoms with Crippen LogP contribution >= 0.6 is 11.8 Å². The lowest BCUT2D eigenvalue weighted by molar-refractivity contribution is 0.0697. The van der Waals surface area contributed by atoms with Crippen molar-refractivity contribution in [3.63, 3.8) is 0 Å². The van der Waals surface area contributed by atoms with Crippen LogP contribution in [0.1, 0.15) is 21.7 Å². The summed E-state index contributed by atoms with van der Waals surface area (Å²) in [7, 11) is 0. The third-order valence-electron chi connectivity index (χ3n) is 2.59. The van der Waals surface area contributed by atoms with Gasteiger partial charge in [-0.1, -0.05) is 12.1 Å². The number of aromatic carboxylic acids is 1. The maximum absolute atomic E-state index is 11.2. The Morgan fingerprint density at radius 1 is 1.44 bits per heavy atom. The molecule has 0 atom stereocenters. The second kappa shape index (κ2) is 5.18. The number of hydrogen-bond acceptors (Lipinski definition) is 4. The van der Waals surface area contributed by atoms with Crippen molar-refractivity contribution >= 4 is 23.4 Å². The van der Waals surface area contributed by atoms with Crippen LogP contribution < -0.4 is 5.73 Å². The molecule has 0 fully saturated rings. The highest BCUT2D eigenvalue weighted by Gasteiger charge is 2.14. The molecule has 0 saturated carbocycles. The van der Waals surface area contributed by atoms with Crippen LogP contribution in [0.2, 0.25) is 0 Å². The lowest BCUT2D eigenvalue weighted by atomic mass is 10.1. The molecule has 18 heavy (non-hydrogen) atoms. The van der Waals surface area contributed by atoms with Crippen LogP contribution in [-0.4, -0.2) is 11.1 Å². The van der Waals surface area contributed by atoms with Crippen LogP contribution in [-0.2, 0) is 5.75 Å². The Balaban J connectivity index is 2.22. The minimum Gasteiger partial charge on any atom is -0.478 e. The molecule has 0 amide bonds. The fourth-order valence-corrected chi connectivity index (χ4v) is 2.63. The molecule has 0 bridgehead atoms. The molecule has 4 nitrogen and oxygen atoms in total. The van der Waals surface area contributed by atoms with Gasteiger partial charge in [0.25, 0.3) is 0 Å². The zero-order valence-electron chi connectivity index (χ0n) is 9.84. The van der Waals surface area contributed by atoms with Crippen LogP contribution in [0.25, 0.3) is 0 Å². The summed E-state index contributed by atoms with van der Waals surface area (Å²) < 4.78 is 5.19. The monoisotopic (exact) mass is 263 g/mol. The summed E-state index contributed by atoms with van der Waals surface area (Å²) in [6, 6.07) is 7.01. The SMILES string of the molecule is Cc1occc1SCc1cccc(N)c1C(=O)O. The van der Waals surface area contributed by atoms with Crippen LogP contribution in [0, 0.1) is 6.92 Å². The van der Waals surface area contributed by atoms with E-state index in [4.69, 9.17) is 15.3 Å². The van der Waals surface area contributed by atoms with E-state index in [-0.39, 0.29) is 5.56 Å². The van der Waals surface area contributed by atoms with E-state index < -0.39 is 5.97 Å². The smallest absolute Gasteiger partial charge is 0.338 e. The van der Waals surface area contributed by atoms with Gasteiger partial charge in [0.2, 0.25) is 0 Å². The summed E-state index contributed by atoms with van der Waals surface area (Å²) in [5, 5.41) is 9.15. The van der Waals surface area contributed by atoms with Crippen LogP contribution in [0.15, 0.2) is 39.8 Å². The maximum atomic E-state index is 11.2. The van der Waals surface area contributed by atoms with E-state index in [2.05, 4.69) is 0 Å². The topological polar surface area (TPSA) is 76.5 Å². The van der Waals surface area contributed by atoms with Crippen LogP contribution in [0.5, 0.6) is 0 Å². The third-order valence-corrected chi connectivity index (χ3v) is 3.78. The van der Waals surface area contributed by atoms with Gasteiger partial charge in [-0.3, -0.25) is 0 Å². The molecule has 2 aromatic rings. The van der Waals surface area contributed by atoms with Crippen molar-refractivity contribution in [2.75, 3.05) is 5.73 Å². The van der Waals surface area contributed by atoms with Crippen LogP contribution in [0.3, 0.4) is 0 Å². The summed E-state index contributed by atoms with van der Waals surface area (Å²) in [6.45, 7) is 1.87. The molecular weight excluding hydrogens is 250 g/mol. The number of furan rings is 1. The molecule has 0 unspecified atom stereocenters. The van der Waals surface area contributed by atoms with Gasteiger partial charge in [0.05, 0.1) is 11.8 Å². The standard InChI is InChI=1S/C13H13NO3S/c1-8-11(5-6-17-8)18-7-9-3-2-4-10(14)12(9)13(15)16/h2-6H,7,14H2,1H3,(H,15,16). The summed E-state index contributed by atoms with van der Waals surface area (Å²) in [6.07, 6.45) is 1.62. The molecule has 0 aliphatic carbocycles.